The van der Waals surface area contributed by atoms with Crippen molar-refractivity contribution in [2.45, 2.75) is 70.5 Å². The molecule has 2 rings (SSSR count). The zero-order valence-electron chi connectivity index (χ0n) is 16.2. The van der Waals surface area contributed by atoms with E-state index in [0.29, 0.717) is 12.8 Å². The summed E-state index contributed by atoms with van der Waals surface area (Å²) in [4.78, 5) is 22.8. The van der Waals surface area contributed by atoms with Gasteiger partial charge in [-0.25, -0.2) is 9.97 Å². The third kappa shape index (κ3) is 6.26. The molecule has 1 saturated heterocycles. The van der Waals surface area contributed by atoms with Crippen LogP contribution in [0.4, 0.5) is 0 Å². The average molecular weight is 366 g/mol. The maximum atomic E-state index is 12.1. The molecule has 1 amide bonds. The van der Waals surface area contributed by atoms with Crippen LogP contribution in [0.2, 0.25) is 0 Å². The third-order valence-corrected chi connectivity index (χ3v) is 5.81. The van der Waals surface area contributed by atoms with Crippen molar-refractivity contribution in [2.75, 3.05) is 25.9 Å². The number of aryl methyl sites for hydroxylation is 2. The normalized spacial score (nSPS) is 20.5. The molecule has 25 heavy (non-hydrogen) atoms. The van der Waals surface area contributed by atoms with Gasteiger partial charge in [-0.3, -0.25) is 4.79 Å². The molecular formula is C19H33N4OS+. The number of piperidine rings is 1. The van der Waals surface area contributed by atoms with E-state index in [1.54, 1.807) is 16.7 Å². The minimum Gasteiger partial charge on any atom is -0.356 e. The van der Waals surface area contributed by atoms with Gasteiger partial charge in [-0.2, -0.15) is 0 Å². The number of hydrogen-bond acceptors (Lipinski definition) is 4. The fourth-order valence-electron chi connectivity index (χ4n) is 3.66. The molecule has 1 aromatic heterocycles. The Morgan fingerprint density at radius 1 is 1.28 bits per heavy atom. The van der Waals surface area contributed by atoms with Gasteiger partial charge in [-0.15, -0.1) is 0 Å². The van der Waals surface area contributed by atoms with Crippen LogP contribution in [0, 0.1) is 13.8 Å². The predicted octanol–water partition coefficient (Wildman–Crippen LogP) is 1.71. The summed E-state index contributed by atoms with van der Waals surface area (Å²) in [5, 5.41) is 3.87. The van der Waals surface area contributed by atoms with Crippen LogP contribution in [-0.4, -0.2) is 47.8 Å². The summed E-state index contributed by atoms with van der Waals surface area (Å²) >= 11 is 1.55. The van der Waals surface area contributed by atoms with Crippen molar-refractivity contribution in [3.63, 3.8) is 0 Å². The monoisotopic (exact) mass is 365 g/mol. The minimum atomic E-state index is 0.134. The number of carbonyl (C=O) groups excluding carboxylic acids is 1. The molecule has 0 aromatic carbocycles. The number of likely N-dealkylation sites (tertiary alicyclic amines) is 1. The molecule has 2 atom stereocenters. The Kier molecular flexibility index (Phi) is 8.16. The van der Waals surface area contributed by atoms with Gasteiger partial charge in [0.25, 0.3) is 0 Å². The molecule has 0 spiro atoms. The number of quaternary nitrogens is 1. The standard InChI is InChI=1S/C19H32N4OS/c1-14-8-5-6-12-23(14)13-7-11-20-18(24)10-9-17-15(2)21-19(25-4)22-16(17)3/h14H,5-13H2,1-4H3,(H,20,24)/p+1/t14-/m0/s1. The lowest BCUT2D eigenvalue weighted by Gasteiger charge is -2.30. The number of nitrogens with one attached hydrogen (secondary N) is 2. The van der Waals surface area contributed by atoms with E-state index >= 15 is 0 Å². The van der Waals surface area contributed by atoms with E-state index in [2.05, 4.69) is 22.2 Å². The Morgan fingerprint density at radius 2 is 2.00 bits per heavy atom. The third-order valence-electron chi connectivity index (χ3n) is 5.26. The molecule has 1 fully saturated rings. The first-order valence-corrected chi connectivity index (χ1v) is 10.7. The average Bonchev–Trinajstić information content (AvgIpc) is 2.59. The van der Waals surface area contributed by atoms with Gasteiger partial charge >= 0.3 is 0 Å². The van der Waals surface area contributed by atoms with Gasteiger partial charge in [0, 0.05) is 30.8 Å². The second-order valence-electron chi connectivity index (χ2n) is 7.12. The highest BCUT2D eigenvalue weighted by Crippen LogP contribution is 2.17. The predicted molar refractivity (Wildman–Crippen MR) is 103 cm³/mol. The number of hydrogen-bond donors (Lipinski definition) is 2. The molecule has 2 heterocycles. The summed E-state index contributed by atoms with van der Waals surface area (Å²) in [6.07, 6.45) is 8.34. The zero-order valence-corrected chi connectivity index (χ0v) is 17.0. The van der Waals surface area contributed by atoms with Crippen LogP contribution in [0.15, 0.2) is 5.16 Å². The SMILES string of the molecule is CSc1nc(C)c(CCC(=O)NCCC[NH+]2CCCC[C@@H]2C)c(C)n1. The van der Waals surface area contributed by atoms with Crippen LogP contribution in [-0.2, 0) is 11.2 Å². The van der Waals surface area contributed by atoms with Gasteiger partial charge in [0.1, 0.15) is 0 Å². The molecule has 0 aliphatic carbocycles. The van der Waals surface area contributed by atoms with E-state index in [4.69, 9.17) is 0 Å². The van der Waals surface area contributed by atoms with Crippen molar-refractivity contribution in [3.8, 4) is 0 Å². The summed E-state index contributed by atoms with van der Waals surface area (Å²) in [5.74, 6) is 0.134. The van der Waals surface area contributed by atoms with Gasteiger partial charge < -0.3 is 10.2 Å². The minimum absolute atomic E-state index is 0.134. The molecular weight excluding hydrogens is 332 g/mol. The van der Waals surface area contributed by atoms with Gasteiger partial charge in [0.15, 0.2) is 5.16 Å². The zero-order chi connectivity index (χ0) is 18.2. The van der Waals surface area contributed by atoms with Crippen molar-refractivity contribution in [3.05, 3.63) is 17.0 Å². The van der Waals surface area contributed by atoms with E-state index < -0.39 is 0 Å². The maximum absolute atomic E-state index is 12.1. The number of aromatic nitrogens is 2. The molecule has 1 unspecified atom stereocenters. The molecule has 0 bridgehead atoms. The Balaban J connectivity index is 1.69. The van der Waals surface area contributed by atoms with Crippen LogP contribution in [0.1, 0.15) is 56.0 Å². The van der Waals surface area contributed by atoms with Crippen molar-refractivity contribution < 1.29 is 9.69 Å². The van der Waals surface area contributed by atoms with Crippen LogP contribution in [0.5, 0.6) is 0 Å². The molecule has 6 heteroatoms. The highest BCUT2D eigenvalue weighted by Gasteiger charge is 2.20. The lowest BCUT2D eigenvalue weighted by Crippen LogP contribution is -3.16. The Bertz CT molecular complexity index is 556. The van der Waals surface area contributed by atoms with Crippen LogP contribution in [0.3, 0.4) is 0 Å². The van der Waals surface area contributed by atoms with Crippen molar-refractivity contribution >= 4 is 17.7 Å². The number of thioether (sulfide) groups is 1. The van der Waals surface area contributed by atoms with E-state index in [0.717, 1.165) is 41.1 Å². The summed E-state index contributed by atoms with van der Waals surface area (Å²) in [6.45, 7) is 9.61. The Morgan fingerprint density at radius 3 is 2.64 bits per heavy atom. The van der Waals surface area contributed by atoms with Gasteiger partial charge in [-0.05, 0) is 58.3 Å². The highest BCUT2D eigenvalue weighted by molar-refractivity contribution is 7.98. The number of carbonyl (C=O) groups is 1. The topological polar surface area (TPSA) is 59.3 Å². The Labute approximate surface area is 156 Å². The second kappa shape index (κ2) is 10.1. The van der Waals surface area contributed by atoms with Crippen LogP contribution < -0.4 is 10.2 Å². The lowest BCUT2D eigenvalue weighted by molar-refractivity contribution is -0.928. The fourth-order valence-corrected chi connectivity index (χ4v) is 4.11. The van der Waals surface area contributed by atoms with Crippen molar-refractivity contribution in [1.29, 1.82) is 0 Å². The van der Waals surface area contributed by atoms with E-state index in [1.165, 1.54) is 32.4 Å². The van der Waals surface area contributed by atoms with E-state index in [1.807, 2.05) is 20.1 Å². The van der Waals surface area contributed by atoms with Crippen LogP contribution >= 0.6 is 11.8 Å². The van der Waals surface area contributed by atoms with Crippen LogP contribution in [0.25, 0.3) is 0 Å². The molecule has 140 valence electrons. The molecule has 1 aliphatic rings. The summed E-state index contributed by atoms with van der Waals surface area (Å²) in [5.41, 5.74) is 3.10. The summed E-state index contributed by atoms with van der Waals surface area (Å²) < 4.78 is 0. The van der Waals surface area contributed by atoms with Crippen molar-refractivity contribution in [2.24, 2.45) is 0 Å². The molecule has 5 nitrogen and oxygen atoms in total. The smallest absolute Gasteiger partial charge is 0.220 e. The van der Waals surface area contributed by atoms with E-state index in [-0.39, 0.29) is 5.91 Å². The molecule has 1 aliphatic heterocycles. The van der Waals surface area contributed by atoms with E-state index in [9.17, 15) is 4.79 Å². The fraction of sp³-hybridized carbons (Fsp3) is 0.737. The first kappa shape index (κ1) is 20.2. The highest BCUT2D eigenvalue weighted by atomic mass is 32.2. The number of nitrogens with zero attached hydrogens (tertiary/aromatic N) is 2. The van der Waals surface area contributed by atoms with Gasteiger partial charge in [0.2, 0.25) is 5.91 Å². The quantitative estimate of drug-likeness (QED) is 0.418. The molecule has 0 radical (unpaired) electrons. The number of rotatable bonds is 8. The second-order valence-corrected chi connectivity index (χ2v) is 7.89. The molecule has 0 saturated carbocycles. The van der Waals surface area contributed by atoms with Gasteiger partial charge in [0.05, 0.1) is 19.1 Å². The largest absolute Gasteiger partial charge is 0.356 e. The first-order chi connectivity index (χ1) is 12.0. The van der Waals surface area contributed by atoms with Gasteiger partial charge in [-0.1, -0.05) is 11.8 Å². The number of amides is 1. The summed E-state index contributed by atoms with van der Waals surface area (Å²) in [6, 6.07) is 0.777. The van der Waals surface area contributed by atoms with Crippen molar-refractivity contribution in [1.82, 2.24) is 15.3 Å². The Hall–Kier alpha value is -1.14. The maximum Gasteiger partial charge on any atom is 0.220 e. The first-order valence-electron chi connectivity index (χ1n) is 9.50. The summed E-state index contributed by atoms with van der Waals surface area (Å²) in [7, 11) is 0. The molecule has 1 aromatic rings. The molecule has 2 N–H and O–H groups in total. The lowest BCUT2D eigenvalue weighted by atomic mass is 10.0.